The minimum absolute atomic E-state index is 0.125. The molecule has 0 fully saturated rings. The summed E-state index contributed by atoms with van der Waals surface area (Å²) >= 11 is 0. The molecule has 1 aliphatic rings. The highest BCUT2D eigenvalue weighted by molar-refractivity contribution is 5.65. The van der Waals surface area contributed by atoms with Crippen molar-refractivity contribution in [3.05, 3.63) is 42.0 Å². The molecule has 0 atom stereocenters. The zero-order valence-electron chi connectivity index (χ0n) is 9.60. The van der Waals surface area contributed by atoms with Crippen LogP contribution < -0.4 is 0 Å². The number of allylic oxidation sites excluding steroid dienone is 2. The highest BCUT2D eigenvalue weighted by Crippen LogP contribution is 2.25. The number of aliphatic hydroxyl groups excluding tert-OH is 2. The van der Waals surface area contributed by atoms with E-state index in [9.17, 15) is 0 Å². The topological polar surface area (TPSA) is 40.5 Å². The van der Waals surface area contributed by atoms with E-state index in [0.717, 1.165) is 0 Å². The number of aliphatic hydroxyl groups is 2. The maximum Gasteiger partial charge on any atom is 0.0662 e. The van der Waals surface area contributed by atoms with Crippen LogP contribution in [0.4, 0.5) is 0 Å². The molecule has 2 N–H and O–H groups in total. The molecular formula is C14H20O2. The van der Waals surface area contributed by atoms with Gasteiger partial charge >= 0.3 is 0 Å². The molecule has 2 rings (SSSR count). The summed E-state index contributed by atoms with van der Waals surface area (Å²) in [5.41, 5.74) is 2.96. The number of hydrogen-bond donors (Lipinski definition) is 2. The van der Waals surface area contributed by atoms with E-state index in [-0.39, 0.29) is 13.2 Å². The van der Waals surface area contributed by atoms with Gasteiger partial charge in [-0.1, -0.05) is 36.4 Å². The van der Waals surface area contributed by atoms with Crippen LogP contribution in [-0.2, 0) is 0 Å². The molecule has 0 radical (unpaired) electrons. The summed E-state index contributed by atoms with van der Waals surface area (Å²) < 4.78 is 0. The van der Waals surface area contributed by atoms with Crippen molar-refractivity contribution in [2.24, 2.45) is 0 Å². The first-order chi connectivity index (χ1) is 7.88. The minimum atomic E-state index is -0.125. The van der Waals surface area contributed by atoms with Crippen LogP contribution in [0.15, 0.2) is 36.4 Å². The van der Waals surface area contributed by atoms with Crippen molar-refractivity contribution in [1.82, 2.24) is 0 Å². The maximum absolute atomic E-state index is 7.62. The highest BCUT2D eigenvalue weighted by atomic mass is 16.3. The third-order valence-corrected chi connectivity index (χ3v) is 2.54. The van der Waals surface area contributed by atoms with Gasteiger partial charge in [-0.25, -0.2) is 0 Å². The first-order valence-corrected chi connectivity index (χ1v) is 5.84. The van der Waals surface area contributed by atoms with Gasteiger partial charge in [0.15, 0.2) is 0 Å². The molecule has 1 aliphatic carbocycles. The Morgan fingerprint density at radius 1 is 0.938 bits per heavy atom. The van der Waals surface area contributed by atoms with E-state index in [2.05, 4.69) is 36.4 Å². The molecule has 0 bridgehead atoms. The molecule has 0 unspecified atom stereocenters. The lowest BCUT2D eigenvalue weighted by Crippen LogP contribution is -1.90. The molecular weight excluding hydrogens is 200 g/mol. The highest BCUT2D eigenvalue weighted by Gasteiger charge is 2.04. The van der Waals surface area contributed by atoms with Crippen LogP contribution in [0.1, 0.15) is 31.2 Å². The molecule has 0 aromatic heterocycles. The summed E-state index contributed by atoms with van der Waals surface area (Å²) in [6.45, 7) is -0.250. The lowest BCUT2D eigenvalue weighted by Gasteiger charge is -2.12. The third-order valence-electron chi connectivity index (χ3n) is 2.54. The van der Waals surface area contributed by atoms with Crippen molar-refractivity contribution in [3.63, 3.8) is 0 Å². The van der Waals surface area contributed by atoms with Gasteiger partial charge in [0.05, 0.1) is 13.2 Å². The van der Waals surface area contributed by atoms with Crippen molar-refractivity contribution in [1.29, 1.82) is 0 Å². The lowest BCUT2D eigenvalue weighted by atomic mass is 9.94. The fraction of sp³-hybridized carbons (Fsp3) is 0.429. The molecule has 0 heterocycles. The quantitative estimate of drug-likeness (QED) is 0.804. The molecule has 0 aliphatic heterocycles. The van der Waals surface area contributed by atoms with Crippen LogP contribution in [0.3, 0.4) is 0 Å². The Kier molecular flexibility index (Phi) is 6.54. The SMILES string of the molecule is C1=C(c2ccccc2)CCCC1.OCCO. The van der Waals surface area contributed by atoms with Crippen LogP contribution in [0.5, 0.6) is 0 Å². The largest absolute Gasteiger partial charge is 0.394 e. The van der Waals surface area contributed by atoms with Gasteiger partial charge in [0.25, 0.3) is 0 Å². The summed E-state index contributed by atoms with van der Waals surface area (Å²) in [4.78, 5) is 0. The minimum Gasteiger partial charge on any atom is -0.394 e. The second kappa shape index (κ2) is 8.08. The lowest BCUT2D eigenvalue weighted by molar-refractivity contribution is 0.186. The molecule has 0 spiro atoms. The van der Waals surface area contributed by atoms with Gasteiger partial charge in [0.2, 0.25) is 0 Å². The Morgan fingerprint density at radius 2 is 1.62 bits per heavy atom. The number of rotatable bonds is 2. The molecule has 16 heavy (non-hydrogen) atoms. The van der Waals surface area contributed by atoms with Crippen LogP contribution in [0.25, 0.3) is 5.57 Å². The summed E-state index contributed by atoms with van der Waals surface area (Å²) in [5.74, 6) is 0. The van der Waals surface area contributed by atoms with E-state index in [1.807, 2.05) is 0 Å². The average molecular weight is 220 g/mol. The van der Waals surface area contributed by atoms with E-state index in [0.29, 0.717) is 0 Å². The van der Waals surface area contributed by atoms with Crippen molar-refractivity contribution in [3.8, 4) is 0 Å². The molecule has 88 valence electrons. The van der Waals surface area contributed by atoms with Crippen molar-refractivity contribution < 1.29 is 10.2 Å². The van der Waals surface area contributed by atoms with Crippen LogP contribution >= 0.6 is 0 Å². The molecule has 0 amide bonds. The summed E-state index contributed by atoms with van der Waals surface area (Å²) in [5, 5.41) is 15.2. The predicted molar refractivity (Wildman–Crippen MR) is 67.1 cm³/mol. The van der Waals surface area contributed by atoms with E-state index in [1.54, 1.807) is 5.57 Å². The molecule has 0 saturated heterocycles. The second-order valence-electron chi connectivity index (χ2n) is 3.79. The van der Waals surface area contributed by atoms with Crippen LogP contribution in [-0.4, -0.2) is 23.4 Å². The zero-order chi connectivity index (χ0) is 11.6. The average Bonchev–Trinajstić information content (AvgIpc) is 2.41. The molecule has 1 aromatic carbocycles. The van der Waals surface area contributed by atoms with Gasteiger partial charge < -0.3 is 10.2 Å². The van der Waals surface area contributed by atoms with E-state index in [1.165, 1.54) is 31.2 Å². The smallest absolute Gasteiger partial charge is 0.0662 e. The van der Waals surface area contributed by atoms with Gasteiger partial charge in [-0.3, -0.25) is 0 Å². The normalized spacial score (nSPS) is 14.8. The van der Waals surface area contributed by atoms with Crippen molar-refractivity contribution in [2.45, 2.75) is 25.7 Å². The van der Waals surface area contributed by atoms with E-state index in [4.69, 9.17) is 10.2 Å². The summed E-state index contributed by atoms with van der Waals surface area (Å²) in [6, 6.07) is 10.7. The number of benzene rings is 1. The molecule has 1 aromatic rings. The maximum atomic E-state index is 7.62. The summed E-state index contributed by atoms with van der Waals surface area (Å²) in [7, 11) is 0. The van der Waals surface area contributed by atoms with E-state index < -0.39 is 0 Å². The standard InChI is InChI=1S/C12H14.C2H6O2/c1-3-7-11(8-4-1)12-9-5-2-6-10-12;3-1-2-4/h1,3-4,7-9H,2,5-6,10H2;3-4H,1-2H2. The van der Waals surface area contributed by atoms with Gasteiger partial charge in [-0.15, -0.1) is 0 Å². The Hall–Kier alpha value is -1.12. The third kappa shape index (κ3) is 4.60. The molecule has 2 nitrogen and oxygen atoms in total. The predicted octanol–water partition coefficient (Wildman–Crippen LogP) is 2.62. The van der Waals surface area contributed by atoms with Gasteiger partial charge in [-0.2, -0.15) is 0 Å². The zero-order valence-corrected chi connectivity index (χ0v) is 9.60. The second-order valence-corrected chi connectivity index (χ2v) is 3.79. The van der Waals surface area contributed by atoms with Gasteiger partial charge in [0.1, 0.15) is 0 Å². The van der Waals surface area contributed by atoms with Crippen molar-refractivity contribution >= 4 is 5.57 Å². The molecule has 0 saturated carbocycles. The van der Waals surface area contributed by atoms with E-state index >= 15 is 0 Å². The Labute approximate surface area is 97.2 Å². The number of hydrogen-bond acceptors (Lipinski definition) is 2. The fourth-order valence-corrected chi connectivity index (χ4v) is 1.75. The first-order valence-electron chi connectivity index (χ1n) is 5.84. The van der Waals surface area contributed by atoms with Crippen LogP contribution in [0.2, 0.25) is 0 Å². The van der Waals surface area contributed by atoms with Crippen LogP contribution in [0, 0.1) is 0 Å². The fourth-order valence-electron chi connectivity index (χ4n) is 1.75. The monoisotopic (exact) mass is 220 g/mol. The van der Waals surface area contributed by atoms with Gasteiger partial charge in [0, 0.05) is 0 Å². The Bertz CT molecular complexity index is 302. The Morgan fingerprint density at radius 3 is 2.12 bits per heavy atom. The summed E-state index contributed by atoms with van der Waals surface area (Å²) in [6.07, 6.45) is 7.66. The molecule has 2 heteroatoms. The first kappa shape index (κ1) is 12.9. The van der Waals surface area contributed by atoms with Crippen molar-refractivity contribution in [2.75, 3.05) is 13.2 Å². The Balaban J connectivity index is 0.000000280. The van der Waals surface area contributed by atoms with Gasteiger partial charge in [-0.05, 0) is 36.8 Å².